The summed E-state index contributed by atoms with van der Waals surface area (Å²) >= 11 is 0. The van der Waals surface area contributed by atoms with Gasteiger partial charge in [0.25, 0.3) is 5.91 Å². The number of hydrogen-bond donors (Lipinski definition) is 2. The molecular weight excluding hydrogens is 458 g/mol. The molecule has 0 unspecified atom stereocenters. The van der Waals surface area contributed by atoms with E-state index in [2.05, 4.69) is 17.6 Å². The van der Waals surface area contributed by atoms with Crippen LogP contribution in [0.2, 0.25) is 0 Å². The fourth-order valence-corrected chi connectivity index (χ4v) is 7.18. The van der Waals surface area contributed by atoms with Crippen LogP contribution in [0.5, 0.6) is 0 Å². The smallest absolute Gasteiger partial charge is 0.325 e. The molecule has 2 N–H and O–H groups in total. The van der Waals surface area contributed by atoms with Crippen LogP contribution in [0, 0.1) is 0 Å². The number of imide groups is 1. The Bertz CT molecular complexity index is 652. The van der Waals surface area contributed by atoms with Gasteiger partial charge in [0.1, 0.15) is 11.2 Å². The molecule has 3 aliphatic rings. The topological polar surface area (TPSA) is 61.4 Å². The van der Waals surface area contributed by atoms with Crippen molar-refractivity contribution in [1.82, 2.24) is 15.5 Å². The maximum absolute atomic E-state index is 13.6. The third-order valence-corrected chi connectivity index (χ3v) is 9.41. The molecule has 0 bridgehead atoms. The minimum absolute atomic E-state index is 0.0542. The molecule has 2 spiro atoms. The highest BCUT2D eigenvalue weighted by Crippen LogP contribution is 2.44. The number of unbranched alkanes of at least 4 members (excludes halogenated alkanes) is 15. The molecule has 37 heavy (non-hydrogen) atoms. The summed E-state index contributed by atoms with van der Waals surface area (Å²) in [6, 6.07) is -0.150. The lowest BCUT2D eigenvalue weighted by atomic mass is 9.81. The summed E-state index contributed by atoms with van der Waals surface area (Å²) in [5.41, 5.74) is -0.924. The maximum Gasteiger partial charge on any atom is 0.325 e. The van der Waals surface area contributed by atoms with E-state index in [0.717, 1.165) is 57.8 Å². The van der Waals surface area contributed by atoms with E-state index in [4.69, 9.17) is 0 Å². The monoisotopic (exact) mass is 517 g/mol. The van der Waals surface area contributed by atoms with Crippen molar-refractivity contribution in [2.75, 3.05) is 6.54 Å². The van der Waals surface area contributed by atoms with Crippen LogP contribution in [0.25, 0.3) is 0 Å². The SMILES string of the molecule is CCCCCCCCCCCCCCCCCCNC(=O)N1C(=O)C2(CCCCC2)NC12CCCCC2. The Morgan fingerprint density at radius 1 is 0.676 bits per heavy atom. The average Bonchev–Trinajstić information content (AvgIpc) is 3.12. The van der Waals surface area contributed by atoms with Gasteiger partial charge in [-0.15, -0.1) is 0 Å². The van der Waals surface area contributed by atoms with Crippen molar-refractivity contribution >= 4 is 11.9 Å². The van der Waals surface area contributed by atoms with Gasteiger partial charge in [0.15, 0.2) is 0 Å². The predicted molar refractivity (Wildman–Crippen MR) is 155 cm³/mol. The van der Waals surface area contributed by atoms with Crippen molar-refractivity contribution in [3.05, 3.63) is 0 Å². The molecule has 1 saturated heterocycles. The van der Waals surface area contributed by atoms with Gasteiger partial charge in [0.2, 0.25) is 0 Å². The Labute approximate surface area is 228 Å². The summed E-state index contributed by atoms with van der Waals surface area (Å²) in [6.45, 7) is 2.97. The van der Waals surface area contributed by atoms with Crippen molar-refractivity contribution < 1.29 is 9.59 Å². The van der Waals surface area contributed by atoms with Crippen molar-refractivity contribution in [1.29, 1.82) is 0 Å². The Morgan fingerprint density at radius 3 is 1.59 bits per heavy atom. The van der Waals surface area contributed by atoms with Crippen LogP contribution in [0.4, 0.5) is 4.79 Å². The molecule has 214 valence electrons. The first-order valence-corrected chi connectivity index (χ1v) is 16.6. The molecule has 3 rings (SSSR count). The third kappa shape index (κ3) is 9.25. The molecule has 0 radical (unpaired) electrons. The number of nitrogens with one attached hydrogen (secondary N) is 2. The second-order valence-electron chi connectivity index (χ2n) is 12.5. The molecule has 0 atom stereocenters. The summed E-state index contributed by atoms with van der Waals surface area (Å²) in [5.74, 6) is 0.0542. The predicted octanol–water partition coefficient (Wildman–Crippen LogP) is 8.75. The molecule has 0 aromatic rings. The molecular formula is C32H59N3O2. The minimum Gasteiger partial charge on any atom is -0.338 e. The largest absolute Gasteiger partial charge is 0.338 e. The summed E-state index contributed by atoms with van der Waals surface area (Å²) < 4.78 is 0. The van der Waals surface area contributed by atoms with Gasteiger partial charge < -0.3 is 5.32 Å². The Kier molecular flexibility index (Phi) is 13.8. The quantitative estimate of drug-likeness (QED) is 0.190. The van der Waals surface area contributed by atoms with Gasteiger partial charge in [-0.2, -0.15) is 0 Å². The van der Waals surface area contributed by atoms with Crippen molar-refractivity contribution in [3.63, 3.8) is 0 Å². The number of amides is 3. The Hall–Kier alpha value is -1.10. The van der Waals surface area contributed by atoms with Gasteiger partial charge >= 0.3 is 6.03 Å². The van der Waals surface area contributed by atoms with Gasteiger partial charge in [0.05, 0.1) is 0 Å². The molecule has 1 heterocycles. The number of urea groups is 1. The van der Waals surface area contributed by atoms with Gasteiger partial charge in [-0.3, -0.25) is 10.1 Å². The number of carbonyl (C=O) groups is 2. The second-order valence-corrected chi connectivity index (χ2v) is 12.5. The van der Waals surface area contributed by atoms with E-state index < -0.39 is 11.2 Å². The van der Waals surface area contributed by atoms with Crippen LogP contribution in [-0.4, -0.2) is 34.6 Å². The minimum atomic E-state index is -0.485. The lowest BCUT2D eigenvalue weighted by Gasteiger charge is -2.40. The van der Waals surface area contributed by atoms with E-state index in [9.17, 15) is 9.59 Å². The Balaban J connectivity index is 1.22. The van der Waals surface area contributed by atoms with E-state index in [1.807, 2.05) is 0 Å². The first kappa shape index (κ1) is 30.4. The normalized spacial score (nSPS) is 20.7. The lowest BCUT2D eigenvalue weighted by molar-refractivity contribution is -0.133. The average molecular weight is 518 g/mol. The third-order valence-electron chi connectivity index (χ3n) is 9.41. The van der Waals surface area contributed by atoms with Crippen molar-refractivity contribution in [2.45, 2.75) is 185 Å². The highest BCUT2D eigenvalue weighted by atomic mass is 16.2. The first-order chi connectivity index (χ1) is 18.1. The molecule has 2 aliphatic carbocycles. The fourth-order valence-electron chi connectivity index (χ4n) is 7.18. The van der Waals surface area contributed by atoms with Gasteiger partial charge in [-0.1, -0.05) is 129 Å². The zero-order valence-corrected chi connectivity index (χ0v) is 24.4. The van der Waals surface area contributed by atoms with Gasteiger partial charge in [-0.05, 0) is 44.9 Å². The van der Waals surface area contributed by atoms with Crippen molar-refractivity contribution in [2.24, 2.45) is 0 Å². The maximum atomic E-state index is 13.6. The van der Waals surface area contributed by atoms with Crippen LogP contribution in [0.15, 0.2) is 0 Å². The number of carbonyl (C=O) groups excluding carboxylic acids is 2. The first-order valence-electron chi connectivity index (χ1n) is 16.6. The summed E-state index contributed by atoms with van der Waals surface area (Å²) in [6.07, 6.45) is 32.0. The van der Waals surface area contributed by atoms with Crippen LogP contribution >= 0.6 is 0 Å². The molecule has 1 aliphatic heterocycles. The summed E-state index contributed by atoms with van der Waals surface area (Å²) in [4.78, 5) is 28.5. The zero-order valence-electron chi connectivity index (χ0n) is 24.4. The second kappa shape index (κ2) is 16.8. The van der Waals surface area contributed by atoms with Crippen LogP contribution in [0.3, 0.4) is 0 Å². The lowest BCUT2D eigenvalue weighted by Crippen LogP contribution is -2.59. The van der Waals surface area contributed by atoms with E-state index in [1.54, 1.807) is 4.90 Å². The fraction of sp³-hybridized carbons (Fsp3) is 0.938. The van der Waals surface area contributed by atoms with E-state index in [-0.39, 0.29) is 11.9 Å². The molecule has 3 fully saturated rings. The molecule has 5 heteroatoms. The molecule has 2 saturated carbocycles. The highest BCUT2D eigenvalue weighted by molar-refractivity contribution is 6.02. The van der Waals surface area contributed by atoms with Crippen LogP contribution < -0.4 is 10.6 Å². The number of rotatable bonds is 17. The van der Waals surface area contributed by atoms with E-state index in [0.29, 0.717) is 6.54 Å². The van der Waals surface area contributed by atoms with Gasteiger partial charge in [0, 0.05) is 6.54 Å². The van der Waals surface area contributed by atoms with Gasteiger partial charge in [-0.25, -0.2) is 9.69 Å². The summed E-state index contributed by atoms with van der Waals surface area (Å²) in [7, 11) is 0. The molecule has 5 nitrogen and oxygen atoms in total. The number of nitrogens with zero attached hydrogens (tertiary/aromatic N) is 1. The molecule has 0 aromatic carbocycles. The summed E-state index contributed by atoms with van der Waals surface area (Å²) in [5, 5.41) is 6.90. The zero-order chi connectivity index (χ0) is 26.2. The molecule has 3 amide bonds. The standard InChI is InChI=1S/C32H59N3O2/c1-2-3-4-5-6-7-8-9-10-11-12-13-14-15-16-23-28-33-30(37)35-29(36)31(24-19-17-20-25-31)34-32(35)26-21-18-22-27-32/h34H,2-28H2,1H3,(H,33,37). The van der Waals surface area contributed by atoms with Crippen LogP contribution in [0.1, 0.15) is 174 Å². The number of hydrogen-bond acceptors (Lipinski definition) is 3. The highest BCUT2D eigenvalue weighted by Gasteiger charge is 2.60. The Morgan fingerprint density at radius 2 is 1.11 bits per heavy atom. The molecule has 0 aromatic heterocycles. The van der Waals surface area contributed by atoms with E-state index >= 15 is 0 Å². The van der Waals surface area contributed by atoms with Crippen LogP contribution in [-0.2, 0) is 4.79 Å². The van der Waals surface area contributed by atoms with E-state index in [1.165, 1.54) is 109 Å². The van der Waals surface area contributed by atoms with Crippen molar-refractivity contribution in [3.8, 4) is 0 Å².